The third kappa shape index (κ3) is 7.59. The second-order valence-corrected chi connectivity index (χ2v) is 13.7. The van der Waals surface area contributed by atoms with Crippen LogP contribution in [-0.4, -0.2) is 67.5 Å². The molecule has 2 saturated heterocycles. The maximum absolute atomic E-state index is 13.5. The molecule has 2 aliphatic rings. The van der Waals surface area contributed by atoms with Gasteiger partial charge in [0.15, 0.2) is 0 Å². The second kappa shape index (κ2) is 13.1. The lowest BCUT2D eigenvalue weighted by Gasteiger charge is -2.39. The van der Waals surface area contributed by atoms with Gasteiger partial charge < -0.3 is 14.7 Å². The van der Waals surface area contributed by atoms with Gasteiger partial charge in [-0.3, -0.25) is 4.79 Å². The monoisotopic (exact) mass is 710 g/mol. The highest BCUT2D eigenvalue weighted by Crippen LogP contribution is 2.41. The molecule has 0 aromatic heterocycles. The Labute approximate surface area is 264 Å². The fourth-order valence-corrected chi connectivity index (χ4v) is 8.43. The fraction of sp³-hybridized carbons (Fsp3) is 0.519. The highest BCUT2D eigenvalue weighted by molar-refractivity contribution is 7.89. The normalized spacial score (nSPS) is 20.1. The number of benzene rings is 2. The summed E-state index contributed by atoms with van der Waals surface area (Å²) in [5, 5.41) is 9.20. The number of carbonyl (C=O) groups excluding carboxylic acids is 1. The number of alkyl halides is 6. The molecular formula is C27H27Cl3F6N2O5S. The van der Waals surface area contributed by atoms with Gasteiger partial charge in [-0.15, -0.1) is 0 Å². The van der Waals surface area contributed by atoms with Crippen LogP contribution in [0, 0.1) is 0 Å². The molecule has 0 radical (unpaired) electrons. The number of likely N-dealkylation sites (tertiary alicyclic amines) is 1. The van der Waals surface area contributed by atoms with Crippen LogP contribution in [0.3, 0.4) is 0 Å². The first kappa shape index (κ1) is 35.1. The molecule has 2 aromatic carbocycles. The number of rotatable bonds is 7. The SMILES string of the molecule is O=C(COCC1CCCCN1S(=O)(=O)c1c(Cl)cc(C(F)(F)F)cc1Cl)N1CCC(O)(c2ccc(Cl)c(C(F)(F)F)c2)CC1. The van der Waals surface area contributed by atoms with Gasteiger partial charge in [0.05, 0.1) is 38.4 Å². The highest BCUT2D eigenvalue weighted by Gasteiger charge is 2.41. The van der Waals surface area contributed by atoms with Gasteiger partial charge in [0.1, 0.15) is 11.5 Å². The molecule has 44 heavy (non-hydrogen) atoms. The Hall–Kier alpha value is -1.81. The van der Waals surface area contributed by atoms with Crippen LogP contribution < -0.4 is 0 Å². The minimum atomic E-state index is -4.79. The minimum Gasteiger partial charge on any atom is -0.385 e. The van der Waals surface area contributed by atoms with Crippen molar-refractivity contribution < 1.29 is 49.4 Å². The van der Waals surface area contributed by atoms with Gasteiger partial charge in [-0.1, -0.05) is 47.3 Å². The number of carbonyl (C=O) groups is 1. The summed E-state index contributed by atoms with van der Waals surface area (Å²) in [6, 6.07) is 3.42. The van der Waals surface area contributed by atoms with Crippen LogP contribution in [0.1, 0.15) is 48.8 Å². The van der Waals surface area contributed by atoms with E-state index in [1.54, 1.807) is 0 Å². The maximum atomic E-state index is 13.5. The first-order chi connectivity index (χ1) is 20.3. The van der Waals surface area contributed by atoms with Gasteiger partial charge in [-0.05, 0) is 55.5 Å². The van der Waals surface area contributed by atoms with E-state index in [2.05, 4.69) is 0 Å². The highest BCUT2D eigenvalue weighted by atomic mass is 35.5. The molecule has 0 spiro atoms. The van der Waals surface area contributed by atoms with Crippen molar-refractivity contribution in [3.8, 4) is 0 Å². The Morgan fingerprint density at radius 1 is 0.932 bits per heavy atom. The third-order valence-corrected chi connectivity index (χ3v) is 11.0. The Bertz CT molecular complexity index is 1470. The summed E-state index contributed by atoms with van der Waals surface area (Å²) >= 11 is 17.6. The summed E-state index contributed by atoms with van der Waals surface area (Å²) in [6.45, 7) is -0.564. The number of hydrogen-bond donors (Lipinski definition) is 1. The lowest BCUT2D eigenvalue weighted by molar-refractivity contribution is -0.141. The Kier molecular flexibility index (Phi) is 10.5. The molecule has 17 heteroatoms. The van der Waals surface area contributed by atoms with E-state index < -0.39 is 77.6 Å². The lowest BCUT2D eigenvalue weighted by Crippen LogP contribution is -2.48. The first-order valence-electron chi connectivity index (χ1n) is 13.4. The molecule has 4 rings (SSSR count). The molecule has 2 aliphatic heterocycles. The maximum Gasteiger partial charge on any atom is 0.417 e. The van der Waals surface area contributed by atoms with Crippen LogP contribution in [-0.2, 0) is 37.5 Å². The summed E-state index contributed by atoms with van der Waals surface area (Å²) in [5.41, 5.74) is -3.85. The van der Waals surface area contributed by atoms with Gasteiger partial charge in [0.2, 0.25) is 15.9 Å². The number of aliphatic hydroxyl groups is 1. The van der Waals surface area contributed by atoms with Crippen molar-refractivity contribution in [2.24, 2.45) is 0 Å². The van der Waals surface area contributed by atoms with Crippen molar-refractivity contribution in [1.29, 1.82) is 0 Å². The number of piperidine rings is 2. The zero-order valence-corrected chi connectivity index (χ0v) is 25.9. The van der Waals surface area contributed by atoms with E-state index in [1.165, 1.54) is 11.0 Å². The average Bonchev–Trinajstić information content (AvgIpc) is 2.92. The molecule has 1 amide bonds. The molecule has 2 fully saturated rings. The molecule has 0 bridgehead atoms. The number of amides is 1. The van der Waals surface area contributed by atoms with Gasteiger partial charge in [-0.25, -0.2) is 8.42 Å². The van der Waals surface area contributed by atoms with Gasteiger partial charge in [-0.2, -0.15) is 30.6 Å². The number of halogens is 9. The van der Waals surface area contributed by atoms with Crippen molar-refractivity contribution >= 4 is 50.7 Å². The molecule has 7 nitrogen and oxygen atoms in total. The van der Waals surface area contributed by atoms with Crippen molar-refractivity contribution in [2.45, 2.75) is 61.0 Å². The van der Waals surface area contributed by atoms with Crippen LogP contribution in [0.2, 0.25) is 15.1 Å². The number of sulfonamides is 1. The van der Waals surface area contributed by atoms with Crippen molar-refractivity contribution in [3.05, 3.63) is 62.1 Å². The van der Waals surface area contributed by atoms with Crippen LogP contribution in [0.4, 0.5) is 26.3 Å². The quantitative estimate of drug-likeness (QED) is 0.321. The first-order valence-corrected chi connectivity index (χ1v) is 16.0. The molecule has 1 N–H and O–H groups in total. The molecular weight excluding hydrogens is 685 g/mol. The number of nitrogens with zero attached hydrogens (tertiary/aromatic N) is 2. The van der Waals surface area contributed by atoms with Gasteiger partial charge in [0, 0.05) is 25.7 Å². The van der Waals surface area contributed by atoms with E-state index in [4.69, 9.17) is 39.5 Å². The lowest BCUT2D eigenvalue weighted by atomic mass is 9.83. The van der Waals surface area contributed by atoms with E-state index in [1.807, 2.05) is 0 Å². The molecule has 2 aromatic rings. The summed E-state index contributed by atoms with van der Waals surface area (Å²) in [4.78, 5) is 13.5. The smallest absolute Gasteiger partial charge is 0.385 e. The summed E-state index contributed by atoms with van der Waals surface area (Å²) < 4.78 is 113. The topological polar surface area (TPSA) is 87.2 Å². The standard InChI is InChI=1S/C27H27Cl3F6N2O5S/c28-20-5-4-16(11-19(20)27(34,35)36)25(40)6-9-37(10-7-25)23(39)15-43-14-18-3-1-2-8-38(18)44(41,42)24-21(29)12-17(13-22(24)30)26(31,32)33/h4-5,11-13,18,40H,1-3,6-10,14-15H2. The fourth-order valence-electron chi connectivity index (χ4n) is 5.36. The molecule has 1 unspecified atom stereocenters. The minimum absolute atomic E-state index is 0.0253. The van der Waals surface area contributed by atoms with Crippen LogP contribution in [0.25, 0.3) is 0 Å². The molecule has 244 valence electrons. The summed E-state index contributed by atoms with van der Waals surface area (Å²) in [7, 11) is -4.44. The summed E-state index contributed by atoms with van der Waals surface area (Å²) in [6.07, 6.45) is -8.12. The zero-order valence-electron chi connectivity index (χ0n) is 22.8. The van der Waals surface area contributed by atoms with E-state index >= 15 is 0 Å². The molecule has 2 heterocycles. The van der Waals surface area contributed by atoms with E-state index in [9.17, 15) is 44.7 Å². The Morgan fingerprint density at radius 2 is 1.55 bits per heavy atom. The Balaban J connectivity index is 1.37. The van der Waals surface area contributed by atoms with E-state index in [0.717, 1.165) is 16.4 Å². The average molecular weight is 712 g/mol. The number of hydrogen-bond acceptors (Lipinski definition) is 5. The van der Waals surface area contributed by atoms with E-state index in [-0.39, 0.29) is 44.6 Å². The molecule has 0 aliphatic carbocycles. The third-order valence-electron chi connectivity index (χ3n) is 7.75. The zero-order chi connectivity index (χ0) is 32.7. The van der Waals surface area contributed by atoms with E-state index in [0.29, 0.717) is 31.4 Å². The van der Waals surface area contributed by atoms with Crippen LogP contribution in [0.15, 0.2) is 35.2 Å². The van der Waals surface area contributed by atoms with Crippen molar-refractivity contribution in [1.82, 2.24) is 9.21 Å². The second-order valence-electron chi connectivity index (χ2n) is 10.7. The van der Waals surface area contributed by atoms with Crippen molar-refractivity contribution in [2.75, 3.05) is 32.8 Å². The predicted octanol–water partition coefficient (Wildman–Crippen LogP) is 6.75. The Morgan fingerprint density at radius 3 is 2.11 bits per heavy atom. The largest absolute Gasteiger partial charge is 0.417 e. The van der Waals surface area contributed by atoms with Gasteiger partial charge in [0.25, 0.3) is 0 Å². The predicted molar refractivity (Wildman–Crippen MR) is 150 cm³/mol. The number of ether oxygens (including phenoxy) is 1. The molecule has 0 saturated carbocycles. The van der Waals surface area contributed by atoms with Crippen LogP contribution >= 0.6 is 34.8 Å². The van der Waals surface area contributed by atoms with Crippen LogP contribution in [0.5, 0.6) is 0 Å². The molecule has 1 atom stereocenters. The summed E-state index contributed by atoms with van der Waals surface area (Å²) in [5.74, 6) is -0.474. The van der Waals surface area contributed by atoms with Crippen molar-refractivity contribution in [3.63, 3.8) is 0 Å². The van der Waals surface area contributed by atoms with Gasteiger partial charge >= 0.3 is 12.4 Å².